The third kappa shape index (κ3) is 7.26. The fourth-order valence-electron chi connectivity index (χ4n) is 3.19. The molecule has 0 aliphatic rings. The Labute approximate surface area is 199 Å². The Bertz CT molecular complexity index is 1040. The summed E-state index contributed by atoms with van der Waals surface area (Å²) in [6, 6.07) is 23.0. The molecular weight excluding hydrogens is 440 g/mol. The van der Waals surface area contributed by atoms with Crippen LogP contribution in [-0.4, -0.2) is 36.5 Å². The number of methoxy groups -OCH3 is 1. The minimum Gasteiger partial charge on any atom is -0.497 e. The van der Waals surface area contributed by atoms with Gasteiger partial charge in [-0.2, -0.15) is 0 Å². The summed E-state index contributed by atoms with van der Waals surface area (Å²) in [4.78, 5) is 27.5. The molecule has 0 aromatic heterocycles. The third-order valence-corrected chi connectivity index (χ3v) is 5.42. The van der Waals surface area contributed by atoms with E-state index < -0.39 is 6.04 Å². The Morgan fingerprint density at radius 1 is 0.909 bits per heavy atom. The second kappa shape index (κ2) is 11.9. The molecule has 0 saturated carbocycles. The summed E-state index contributed by atoms with van der Waals surface area (Å²) in [6.45, 7) is 2.14. The summed E-state index contributed by atoms with van der Waals surface area (Å²) < 4.78 is 10.8. The van der Waals surface area contributed by atoms with Crippen molar-refractivity contribution in [2.45, 2.75) is 26.1 Å². The predicted octanol–water partition coefficient (Wildman–Crippen LogP) is 4.46. The molecule has 0 aliphatic heterocycles. The zero-order chi connectivity index (χ0) is 23.6. The Morgan fingerprint density at radius 3 is 2.18 bits per heavy atom. The maximum atomic E-state index is 13.1. The molecule has 0 fully saturated rings. The summed E-state index contributed by atoms with van der Waals surface area (Å²) in [6.07, 6.45) is 0. The van der Waals surface area contributed by atoms with Crippen molar-refractivity contribution < 1.29 is 19.1 Å². The second-order valence-electron chi connectivity index (χ2n) is 7.49. The molecule has 2 amide bonds. The number of para-hydroxylation sites is 1. The number of nitrogens with zero attached hydrogens (tertiary/aromatic N) is 1. The number of ether oxygens (including phenoxy) is 2. The van der Waals surface area contributed by atoms with Crippen LogP contribution in [0.2, 0.25) is 5.02 Å². The first kappa shape index (κ1) is 24.1. The molecule has 0 unspecified atom stereocenters. The van der Waals surface area contributed by atoms with Crippen molar-refractivity contribution in [1.29, 1.82) is 0 Å². The first-order valence-electron chi connectivity index (χ1n) is 10.6. The number of hydrogen-bond acceptors (Lipinski definition) is 4. The standard InChI is InChI=1S/C26H27ClN2O4/c1-19(26(31)28-16-20-8-12-22(27)13-9-20)29(17-21-10-14-23(32-2)15-11-21)25(30)18-33-24-6-4-3-5-7-24/h3-15,19H,16-18H2,1-2H3,(H,28,31)/t19-/m1/s1. The first-order chi connectivity index (χ1) is 16.0. The Balaban J connectivity index is 1.69. The van der Waals surface area contributed by atoms with Crippen LogP contribution in [0.5, 0.6) is 11.5 Å². The minimum atomic E-state index is -0.703. The highest BCUT2D eigenvalue weighted by atomic mass is 35.5. The van der Waals surface area contributed by atoms with Gasteiger partial charge in [0.1, 0.15) is 17.5 Å². The molecule has 1 atom stereocenters. The minimum absolute atomic E-state index is 0.172. The molecule has 0 heterocycles. The largest absolute Gasteiger partial charge is 0.497 e. The number of rotatable bonds is 10. The molecule has 0 spiro atoms. The van der Waals surface area contributed by atoms with Crippen LogP contribution < -0.4 is 14.8 Å². The van der Waals surface area contributed by atoms with E-state index in [1.165, 1.54) is 4.90 Å². The smallest absolute Gasteiger partial charge is 0.261 e. The third-order valence-electron chi connectivity index (χ3n) is 5.16. The van der Waals surface area contributed by atoms with Crippen LogP contribution in [0, 0.1) is 0 Å². The lowest BCUT2D eigenvalue weighted by Crippen LogP contribution is -2.48. The second-order valence-corrected chi connectivity index (χ2v) is 7.93. The highest BCUT2D eigenvalue weighted by Gasteiger charge is 2.26. The highest BCUT2D eigenvalue weighted by Crippen LogP contribution is 2.16. The number of carbonyl (C=O) groups excluding carboxylic acids is 2. The number of amides is 2. The van der Waals surface area contributed by atoms with Crippen LogP contribution in [0.15, 0.2) is 78.9 Å². The summed E-state index contributed by atoms with van der Waals surface area (Å²) in [5.74, 6) is 0.767. The maximum Gasteiger partial charge on any atom is 0.261 e. The molecule has 33 heavy (non-hydrogen) atoms. The molecule has 0 saturated heterocycles. The van der Waals surface area contributed by atoms with E-state index in [1.54, 1.807) is 38.3 Å². The van der Waals surface area contributed by atoms with E-state index in [1.807, 2.05) is 54.6 Å². The first-order valence-corrected chi connectivity index (χ1v) is 11.0. The van der Waals surface area contributed by atoms with Crippen molar-refractivity contribution >= 4 is 23.4 Å². The fraction of sp³-hybridized carbons (Fsp3) is 0.231. The van der Waals surface area contributed by atoms with Gasteiger partial charge in [-0.05, 0) is 54.4 Å². The molecule has 1 N–H and O–H groups in total. The summed E-state index contributed by atoms with van der Waals surface area (Å²) in [5.41, 5.74) is 1.79. The van der Waals surface area contributed by atoms with Crippen molar-refractivity contribution in [2.24, 2.45) is 0 Å². The van der Waals surface area contributed by atoms with Crippen LogP contribution in [0.25, 0.3) is 0 Å². The average molecular weight is 467 g/mol. The van der Waals surface area contributed by atoms with Crippen LogP contribution in [0.3, 0.4) is 0 Å². The van der Waals surface area contributed by atoms with Crippen molar-refractivity contribution in [3.63, 3.8) is 0 Å². The lowest BCUT2D eigenvalue weighted by Gasteiger charge is -2.29. The van der Waals surface area contributed by atoms with E-state index in [4.69, 9.17) is 21.1 Å². The molecule has 3 aromatic rings. The molecule has 0 bridgehead atoms. The zero-order valence-corrected chi connectivity index (χ0v) is 19.4. The van der Waals surface area contributed by atoms with Gasteiger partial charge in [0, 0.05) is 18.1 Å². The van der Waals surface area contributed by atoms with E-state index in [0.717, 1.165) is 16.9 Å². The molecule has 172 valence electrons. The van der Waals surface area contributed by atoms with Crippen LogP contribution in [0.4, 0.5) is 0 Å². The Morgan fingerprint density at radius 2 is 1.55 bits per heavy atom. The lowest BCUT2D eigenvalue weighted by molar-refractivity contribution is -0.142. The number of hydrogen-bond donors (Lipinski definition) is 1. The van der Waals surface area contributed by atoms with Gasteiger partial charge in [0.2, 0.25) is 5.91 Å². The van der Waals surface area contributed by atoms with Crippen molar-refractivity contribution in [3.8, 4) is 11.5 Å². The van der Waals surface area contributed by atoms with Gasteiger partial charge < -0.3 is 19.7 Å². The summed E-state index contributed by atoms with van der Waals surface area (Å²) in [7, 11) is 1.60. The van der Waals surface area contributed by atoms with E-state index in [-0.39, 0.29) is 25.0 Å². The average Bonchev–Trinajstić information content (AvgIpc) is 2.86. The van der Waals surface area contributed by atoms with Gasteiger partial charge >= 0.3 is 0 Å². The van der Waals surface area contributed by atoms with Crippen molar-refractivity contribution in [2.75, 3.05) is 13.7 Å². The quantitative estimate of drug-likeness (QED) is 0.479. The molecule has 0 radical (unpaired) electrons. The van der Waals surface area contributed by atoms with Crippen molar-refractivity contribution in [1.82, 2.24) is 10.2 Å². The molecule has 3 aromatic carbocycles. The lowest BCUT2D eigenvalue weighted by atomic mass is 10.1. The maximum absolute atomic E-state index is 13.1. The number of halogens is 1. The molecule has 3 rings (SSSR count). The Hall–Kier alpha value is -3.51. The fourth-order valence-corrected chi connectivity index (χ4v) is 3.32. The molecule has 6 nitrogen and oxygen atoms in total. The van der Waals surface area contributed by atoms with Gasteiger partial charge in [0.25, 0.3) is 5.91 Å². The van der Waals surface area contributed by atoms with Crippen LogP contribution in [0.1, 0.15) is 18.1 Å². The van der Waals surface area contributed by atoms with Crippen molar-refractivity contribution in [3.05, 3.63) is 95.0 Å². The molecule has 0 aliphatic carbocycles. The Kier molecular flexibility index (Phi) is 8.72. The van der Waals surface area contributed by atoms with Gasteiger partial charge in [-0.15, -0.1) is 0 Å². The summed E-state index contributed by atoms with van der Waals surface area (Å²) in [5, 5.41) is 3.53. The van der Waals surface area contributed by atoms with Gasteiger partial charge in [0.05, 0.1) is 7.11 Å². The highest BCUT2D eigenvalue weighted by molar-refractivity contribution is 6.30. The monoisotopic (exact) mass is 466 g/mol. The van der Waals surface area contributed by atoms with E-state index in [9.17, 15) is 9.59 Å². The van der Waals surface area contributed by atoms with Gasteiger partial charge in [0.15, 0.2) is 6.61 Å². The van der Waals surface area contributed by atoms with Crippen LogP contribution in [-0.2, 0) is 22.7 Å². The molecular formula is C26H27ClN2O4. The van der Waals surface area contributed by atoms with Gasteiger partial charge in [-0.1, -0.05) is 54.1 Å². The predicted molar refractivity (Wildman–Crippen MR) is 128 cm³/mol. The number of carbonyl (C=O) groups is 2. The van der Waals surface area contributed by atoms with Crippen LogP contribution >= 0.6 is 11.6 Å². The molecule has 7 heteroatoms. The van der Waals surface area contributed by atoms with E-state index >= 15 is 0 Å². The van der Waals surface area contributed by atoms with Gasteiger partial charge in [-0.25, -0.2) is 0 Å². The van der Waals surface area contributed by atoms with E-state index in [2.05, 4.69) is 5.32 Å². The number of benzene rings is 3. The topological polar surface area (TPSA) is 67.9 Å². The number of nitrogens with one attached hydrogen (secondary N) is 1. The summed E-state index contributed by atoms with van der Waals surface area (Å²) >= 11 is 5.92. The van der Waals surface area contributed by atoms with E-state index in [0.29, 0.717) is 17.3 Å². The normalized spacial score (nSPS) is 11.4. The van der Waals surface area contributed by atoms with Gasteiger partial charge in [-0.3, -0.25) is 9.59 Å². The SMILES string of the molecule is COc1ccc(CN(C(=O)COc2ccccc2)[C@H](C)C(=O)NCc2ccc(Cl)cc2)cc1. The zero-order valence-electron chi connectivity index (χ0n) is 18.7.